The van der Waals surface area contributed by atoms with Crippen molar-refractivity contribution in [1.29, 1.82) is 0 Å². The third-order valence-electron chi connectivity index (χ3n) is 7.55. The van der Waals surface area contributed by atoms with Crippen molar-refractivity contribution in [2.45, 2.75) is 58.2 Å². The molecule has 188 valence electrons. The fourth-order valence-electron chi connectivity index (χ4n) is 5.66. The number of carbonyl (C=O) groups excluding carboxylic acids is 3. The first kappa shape index (κ1) is 25.1. The molecule has 2 aliphatic heterocycles. The van der Waals surface area contributed by atoms with E-state index in [0.717, 1.165) is 36.2 Å². The standard InChI is InChI=1S/C27H35N3O5/c1-6-35-25(33)23(31)21-9-10-22-27(28(5)15-16-30(21)22)11-13-29(14-12-27)24(32)19-7-8-20(18(2)17-19)26(3,4)34/h7-10,17,34H,6,11-16H2,1-5H3. The van der Waals surface area contributed by atoms with Crippen LogP contribution in [0.3, 0.4) is 0 Å². The molecule has 2 aliphatic rings. The molecule has 1 aromatic heterocycles. The van der Waals surface area contributed by atoms with Crippen LogP contribution in [0.15, 0.2) is 30.3 Å². The first-order valence-corrected chi connectivity index (χ1v) is 12.2. The number of carbonyl (C=O) groups is 3. The third-order valence-corrected chi connectivity index (χ3v) is 7.55. The van der Waals surface area contributed by atoms with Gasteiger partial charge in [0.05, 0.1) is 23.4 Å². The van der Waals surface area contributed by atoms with Gasteiger partial charge >= 0.3 is 5.97 Å². The molecule has 0 saturated carbocycles. The summed E-state index contributed by atoms with van der Waals surface area (Å²) >= 11 is 0. The summed E-state index contributed by atoms with van der Waals surface area (Å²) in [6.07, 6.45) is 1.46. The van der Waals surface area contributed by atoms with E-state index in [1.807, 2.05) is 34.6 Å². The number of amides is 1. The predicted octanol–water partition coefficient (Wildman–Crippen LogP) is 2.85. The number of aromatic nitrogens is 1. The molecule has 8 heteroatoms. The molecule has 1 aromatic carbocycles. The Balaban J connectivity index is 1.54. The lowest BCUT2D eigenvalue weighted by molar-refractivity contribution is -0.137. The summed E-state index contributed by atoms with van der Waals surface area (Å²) < 4.78 is 6.88. The van der Waals surface area contributed by atoms with Crippen LogP contribution >= 0.6 is 0 Å². The minimum atomic E-state index is -0.961. The van der Waals surface area contributed by atoms with Gasteiger partial charge in [0.1, 0.15) is 0 Å². The van der Waals surface area contributed by atoms with E-state index in [0.29, 0.717) is 30.9 Å². The molecule has 0 radical (unpaired) electrons. The Hall–Kier alpha value is -2.97. The average molecular weight is 482 g/mol. The van der Waals surface area contributed by atoms with Crippen LogP contribution in [0.1, 0.15) is 71.3 Å². The predicted molar refractivity (Wildman–Crippen MR) is 131 cm³/mol. The number of likely N-dealkylation sites (N-methyl/N-ethyl adjacent to an activating group) is 1. The Morgan fingerprint density at radius 1 is 1.06 bits per heavy atom. The highest BCUT2D eigenvalue weighted by atomic mass is 16.5. The van der Waals surface area contributed by atoms with Crippen LogP contribution in [-0.2, 0) is 27.2 Å². The maximum absolute atomic E-state index is 13.3. The van der Waals surface area contributed by atoms with E-state index in [2.05, 4.69) is 11.9 Å². The normalized spacial score (nSPS) is 17.8. The van der Waals surface area contributed by atoms with Crippen molar-refractivity contribution in [2.24, 2.45) is 0 Å². The number of esters is 1. The molecular formula is C27H35N3O5. The molecule has 0 atom stereocenters. The Labute approximate surface area is 206 Å². The van der Waals surface area contributed by atoms with Crippen LogP contribution in [0.5, 0.6) is 0 Å². The number of rotatable bonds is 5. The van der Waals surface area contributed by atoms with Gasteiger partial charge in [-0.2, -0.15) is 0 Å². The number of benzene rings is 1. The molecule has 0 unspecified atom stereocenters. The maximum atomic E-state index is 13.3. The second-order valence-corrected chi connectivity index (χ2v) is 10.1. The second-order valence-electron chi connectivity index (χ2n) is 10.1. The fourth-order valence-corrected chi connectivity index (χ4v) is 5.66. The van der Waals surface area contributed by atoms with Gasteiger partial charge in [-0.1, -0.05) is 6.07 Å². The number of ether oxygens (including phenoxy) is 1. The van der Waals surface area contributed by atoms with Crippen molar-refractivity contribution in [3.63, 3.8) is 0 Å². The quantitative estimate of drug-likeness (QED) is 0.401. The zero-order chi connectivity index (χ0) is 25.5. The van der Waals surface area contributed by atoms with Crippen LogP contribution in [0.2, 0.25) is 0 Å². The molecular weight excluding hydrogens is 446 g/mol. The molecule has 0 aliphatic carbocycles. The number of ketones is 1. The molecule has 1 N–H and O–H groups in total. The highest BCUT2D eigenvalue weighted by molar-refractivity contribution is 6.40. The average Bonchev–Trinajstić information content (AvgIpc) is 3.25. The Kier molecular flexibility index (Phi) is 6.64. The summed E-state index contributed by atoms with van der Waals surface area (Å²) in [4.78, 5) is 42.2. The van der Waals surface area contributed by atoms with E-state index >= 15 is 0 Å². The van der Waals surface area contributed by atoms with Gasteiger partial charge in [-0.05, 0) is 83.0 Å². The first-order valence-electron chi connectivity index (χ1n) is 12.2. The minimum Gasteiger partial charge on any atom is -0.460 e. The van der Waals surface area contributed by atoms with Gasteiger partial charge in [0.15, 0.2) is 0 Å². The topological polar surface area (TPSA) is 92.1 Å². The lowest BCUT2D eigenvalue weighted by atomic mass is 9.81. The Bertz CT molecular complexity index is 1150. The molecule has 1 amide bonds. The molecule has 8 nitrogen and oxygen atoms in total. The van der Waals surface area contributed by atoms with Gasteiger partial charge in [0, 0.05) is 37.4 Å². The first-order chi connectivity index (χ1) is 16.5. The number of nitrogens with zero attached hydrogens (tertiary/aromatic N) is 3. The zero-order valence-electron chi connectivity index (χ0n) is 21.3. The van der Waals surface area contributed by atoms with Crippen molar-refractivity contribution < 1.29 is 24.2 Å². The Morgan fingerprint density at radius 3 is 2.34 bits per heavy atom. The summed E-state index contributed by atoms with van der Waals surface area (Å²) in [5.41, 5.74) is 2.43. The molecule has 35 heavy (non-hydrogen) atoms. The number of hydrogen-bond donors (Lipinski definition) is 1. The lowest BCUT2D eigenvalue weighted by Crippen LogP contribution is -2.56. The van der Waals surface area contributed by atoms with E-state index in [1.165, 1.54) is 0 Å². The van der Waals surface area contributed by atoms with Gasteiger partial charge < -0.3 is 19.3 Å². The van der Waals surface area contributed by atoms with Crippen LogP contribution in [-0.4, -0.2) is 70.4 Å². The molecule has 0 bridgehead atoms. The van der Waals surface area contributed by atoms with Crippen molar-refractivity contribution in [3.8, 4) is 0 Å². The monoisotopic (exact) mass is 481 g/mol. The van der Waals surface area contributed by atoms with E-state index in [9.17, 15) is 19.5 Å². The lowest BCUT2D eigenvalue weighted by Gasteiger charge is -2.50. The highest BCUT2D eigenvalue weighted by Gasteiger charge is 2.45. The largest absolute Gasteiger partial charge is 0.460 e. The van der Waals surface area contributed by atoms with E-state index in [-0.39, 0.29) is 18.1 Å². The summed E-state index contributed by atoms with van der Waals surface area (Å²) in [7, 11) is 2.08. The van der Waals surface area contributed by atoms with Crippen molar-refractivity contribution in [3.05, 3.63) is 58.4 Å². The third kappa shape index (κ3) is 4.41. The number of likely N-dealkylation sites (tertiary alicyclic amines) is 1. The van der Waals surface area contributed by atoms with E-state index in [4.69, 9.17) is 4.74 Å². The molecule has 2 aromatic rings. The van der Waals surface area contributed by atoms with Crippen LogP contribution in [0.25, 0.3) is 0 Å². The summed E-state index contributed by atoms with van der Waals surface area (Å²) in [5, 5.41) is 10.3. The fraction of sp³-hybridized carbons (Fsp3) is 0.519. The van der Waals surface area contributed by atoms with Crippen molar-refractivity contribution in [2.75, 3.05) is 33.3 Å². The van der Waals surface area contributed by atoms with Gasteiger partial charge in [-0.25, -0.2) is 4.79 Å². The van der Waals surface area contributed by atoms with Crippen LogP contribution < -0.4 is 0 Å². The van der Waals surface area contributed by atoms with Crippen molar-refractivity contribution in [1.82, 2.24) is 14.4 Å². The number of aryl methyl sites for hydroxylation is 1. The number of aliphatic hydroxyl groups is 1. The number of Topliss-reactive ketones (excluding diaryl/α,β-unsaturated/α-hetero) is 1. The van der Waals surface area contributed by atoms with Gasteiger partial charge in [-0.3, -0.25) is 14.5 Å². The molecule has 1 saturated heterocycles. The number of hydrogen-bond acceptors (Lipinski definition) is 6. The Morgan fingerprint density at radius 2 is 1.74 bits per heavy atom. The molecule has 1 fully saturated rings. The van der Waals surface area contributed by atoms with Gasteiger partial charge in [-0.15, -0.1) is 0 Å². The van der Waals surface area contributed by atoms with Gasteiger partial charge in [0.2, 0.25) is 0 Å². The molecule has 3 heterocycles. The SMILES string of the molecule is CCOC(=O)C(=O)c1ccc2n1CCN(C)C21CCN(C(=O)c2ccc(C(C)(C)O)c(C)c2)CC1. The second kappa shape index (κ2) is 9.24. The summed E-state index contributed by atoms with van der Waals surface area (Å²) in [6, 6.07) is 9.14. The van der Waals surface area contributed by atoms with Gasteiger partial charge in [0.25, 0.3) is 11.7 Å². The maximum Gasteiger partial charge on any atom is 0.381 e. The van der Waals surface area contributed by atoms with E-state index in [1.54, 1.807) is 32.9 Å². The van der Waals surface area contributed by atoms with Crippen LogP contribution in [0, 0.1) is 6.92 Å². The van der Waals surface area contributed by atoms with E-state index < -0.39 is 17.4 Å². The smallest absolute Gasteiger partial charge is 0.381 e. The highest BCUT2D eigenvalue weighted by Crippen LogP contribution is 2.41. The number of fused-ring (bicyclic) bond motifs is 2. The zero-order valence-corrected chi connectivity index (χ0v) is 21.3. The van der Waals surface area contributed by atoms with Crippen molar-refractivity contribution >= 4 is 17.7 Å². The number of piperidine rings is 1. The summed E-state index contributed by atoms with van der Waals surface area (Å²) in [5.74, 6) is -1.46. The summed E-state index contributed by atoms with van der Waals surface area (Å²) in [6.45, 7) is 9.77. The van der Waals surface area contributed by atoms with Crippen LogP contribution in [0.4, 0.5) is 0 Å². The minimum absolute atomic E-state index is 0.0164. The molecule has 4 rings (SSSR count). The molecule has 1 spiro atoms.